The first-order valence-corrected chi connectivity index (χ1v) is 7.86. The first-order valence-electron chi connectivity index (χ1n) is 7.86. The van der Waals surface area contributed by atoms with Gasteiger partial charge in [-0.15, -0.1) is 0 Å². The number of amides is 2. The van der Waals surface area contributed by atoms with E-state index >= 15 is 0 Å². The minimum absolute atomic E-state index is 0.0832. The molecule has 24 heavy (non-hydrogen) atoms. The number of nitrogens with one attached hydrogen (secondary N) is 3. The number of anilines is 1. The average Bonchev–Trinajstić information content (AvgIpc) is 3.08. The number of H-pyrrole nitrogens is 1. The minimum atomic E-state index is -0.262. The molecule has 0 aliphatic heterocycles. The van der Waals surface area contributed by atoms with Crippen LogP contribution in [-0.2, 0) is 0 Å². The Hall–Kier alpha value is -2.96. The summed E-state index contributed by atoms with van der Waals surface area (Å²) in [4.78, 5) is 20.9. The highest BCUT2D eigenvalue weighted by molar-refractivity contribution is 5.90. The molecule has 0 aliphatic rings. The summed E-state index contributed by atoms with van der Waals surface area (Å²) in [5.41, 5.74) is 3.33. The average molecular weight is 324 g/mol. The first-order chi connectivity index (χ1) is 11.5. The zero-order chi connectivity index (χ0) is 17.1. The van der Waals surface area contributed by atoms with E-state index in [-0.39, 0.29) is 12.1 Å². The maximum absolute atomic E-state index is 12.0. The van der Waals surface area contributed by atoms with Crippen LogP contribution in [0.1, 0.15) is 20.8 Å². The van der Waals surface area contributed by atoms with E-state index in [4.69, 9.17) is 0 Å². The number of rotatable bonds is 4. The zero-order valence-corrected chi connectivity index (χ0v) is 13.9. The normalized spacial score (nSPS) is 12.3. The van der Waals surface area contributed by atoms with Crippen molar-refractivity contribution in [2.75, 3.05) is 5.32 Å². The Morgan fingerprint density at radius 2 is 1.96 bits per heavy atom. The topological polar surface area (TPSA) is 95.6 Å². The molecule has 2 amide bonds. The number of hydrogen-bond acceptors (Lipinski definition) is 4. The van der Waals surface area contributed by atoms with Gasteiger partial charge in [-0.25, -0.2) is 9.78 Å². The number of nitrogens with zero attached hydrogens (tertiary/aromatic N) is 3. The van der Waals surface area contributed by atoms with Crippen LogP contribution in [0, 0.1) is 5.92 Å². The highest BCUT2D eigenvalue weighted by Crippen LogP contribution is 2.21. The molecule has 7 heteroatoms. The SMILES string of the molecule is CC(C)C(C)NC(=O)Nc1ccc2ncc(-c3cn[nH]c3)cc2n1. The fourth-order valence-electron chi connectivity index (χ4n) is 2.17. The summed E-state index contributed by atoms with van der Waals surface area (Å²) in [5, 5.41) is 12.4. The third kappa shape index (κ3) is 3.51. The summed E-state index contributed by atoms with van der Waals surface area (Å²) in [6.45, 7) is 6.09. The lowest BCUT2D eigenvalue weighted by atomic mass is 10.1. The number of fused-ring (bicyclic) bond motifs is 1. The third-order valence-electron chi connectivity index (χ3n) is 3.97. The smallest absolute Gasteiger partial charge is 0.320 e. The van der Waals surface area contributed by atoms with Crippen molar-refractivity contribution in [1.82, 2.24) is 25.5 Å². The van der Waals surface area contributed by atoms with Gasteiger partial charge in [-0.1, -0.05) is 13.8 Å². The first kappa shape index (κ1) is 15.9. The predicted molar refractivity (Wildman–Crippen MR) is 93.6 cm³/mol. The second kappa shape index (κ2) is 6.66. The monoisotopic (exact) mass is 324 g/mol. The van der Waals surface area contributed by atoms with Crippen LogP contribution in [0.2, 0.25) is 0 Å². The second-order valence-electron chi connectivity index (χ2n) is 6.08. The summed E-state index contributed by atoms with van der Waals surface area (Å²) in [7, 11) is 0. The molecule has 0 bridgehead atoms. The molecule has 0 saturated heterocycles. The van der Waals surface area contributed by atoms with E-state index < -0.39 is 0 Å². The Labute approximate surface area is 139 Å². The van der Waals surface area contributed by atoms with Gasteiger partial charge in [-0.2, -0.15) is 5.10 Å². The van der Waals surface area contributed by atoms with E-state index in [1.165, 1.54) is 0 Å². The molecular weight excluding hydrogens is 304 g/mol. The van der Waals surface area contributed by atoms with Crippen LogP contribution in [-0.4, -0.2) is 32.2 Å². The molecule has 3 aromatic rings. The molecule has 0 radical (unpaired) electrons. The van der Waals surface area contributed by atoms with Crippen LogP contribution >= 0.6 is 0 Å². The van der Waals surface area contributed by atoms with E-state index in [1.54, 1.807) is 24.7 Å². The molecule has 3 aromatic heterocycles. The molecule has 0 fully saturated rings. The Balaban J connectivity index is 1.81. The van der Waals surface area contributed by atoms with Crippen molar-refractivity contribution >= 4 is 22.9 Å². The number of hydrogen-bond donors (Lipinski definition) is 3. The number of carbonyl (C=O) groups excluding carboxylic acids is 1. The van der Waals surface area contributed by atoms with E-state index in [9.17, 15) is 4.79 Å². The Morgan fingerprint density at radius 1 is 1.12 bits per heavy atom. The van der Waals surface area contributed by atoms with E-state index in [0.29, 0.717) is 17.3 Å². The van der Waals surface area contributed by atoms with Gasteiger partial charge >= 0.3 is 6.03 Å². The molecule has 0 spiro atoms. The highest BCUT2D eigenvalue weighted by Gasteiger charge is 2.11. The molecule has 7 nitrogen and oxygen atoms in total. The van der Waals surface area contributed by atoms with Gasteiger partial charge in [0, 0.05) is 29.6 Å². The van der Waals surface area contributed by atoms with Gasteiger partial charge in [-0.05, 0) is 31.0 Å². The molecule has 1 unspecified atom stereocenters. The van der Waals surface area contributed by atoms with Gasteiger partial charge in [0.15, 0.2) is 0 Å². The van der Waals surface area contributed by atoms with Crippen molar-refractivity contribution in [2.45, 2.75) is 26.8 Å². The van der Waals surface area contributed by atoms with E-state index in [2.05, 4.69) is 44.6 Å². The number of pyridine rings is 2. The largest absolute Gasteiger partial charge is 0.335 e. The molecular formula is C17H20N6O. The predicted octanol–water partition coefficient (Wildman–Crippen LogP) is 3.19. The Kier molecular flexibility index (Phi) is 4.41. The molecule has 124 valence electrons. The van der Waals surface area contributed by atoms with Crippen LogP contribution in [0.15, 0.2) is 36.8 Å². The summed E-state index contributed by atoms with van der Waals surface area (Å²) >= 11 is 0. The van der Waals surface area contributed by atoms with Crippen LogP contribution in [0.25, 0.3) is 22.2 Å². The summed E-state index contributed by atoms with van der Waals surface area (Å²) in [6, 6.07) is 5.32. The maximum atomic E-state index is 12.0. The Bertz CT molecular complexity index is 843. The highest BCUT2D eigenvalue weighted by atomic mass is 16.2. The second-order valence-corrected chi connectivity index (χ2v) is 6.08. The number of aromatic nitrogens is 4. The van der Waals surface area contributed by atoms with Crippen molar-refractivity contribution in [3.8, 4) is 11.1 Å². The summed E-state index contributed by atoms with van der Waals surface area (Å²) < 4.78 is 0. The fraction of sp³-hybridized carbons (Fsp3) is 0.294. The van der Waals surface area contributed by atoms with Crippen molar-refractivity contribution in [3.05, 3.63) is 36.8 Å². The lowest BCUT2D eigenvalue weighted by Gasteiger charge is -2.17. The maximum Gasteiger partial charge on any atom is 0.320 e. The molecule has 1 atom stereocenters. The van der Waals surface area contributed by atoms with Gasteiger partial charge in [0.25, 0.3) is 0 Å². The lowest BCUT2D eigenvalue weighted by Crippen LogP contribution is -2.39. The van der Waals surface area contributed by atoms with Crippen molar-refractivity contribution in [1.29, 1.82) is 0 Å². The number of aromatic amines is 1. The molecule has 3 N–H and O–H groups in total. The van der Waals surface area contributed by atoms with E-state index in [0.717, 1.165) is 16.6 Å². The minimum Gasteiger partial charge on any atom is -0.335 e. The van der Waals surface area contributed by atoms with Crippen molar-refractivity contribution < 1.29 is 4.79 Å². The fourth-order valence-corrected chi connectivity index (χ4v) is 2.17. The van der Waals surface area contributed by atoms with Crippen molar-refractivity contribution in [3.63, 3.8) is 0 Å². The standard InChI is InChI=1S/C17H20N6O/c1-10(2)11(3)21-17(24)23-16-5-4-14-15(22-16)6-12(7-18-14)13-8-19-20-9-13/h4-11H,1-3H3,(H,19,20)(H2,21,22,23,24). The van der Waals surface area contributed by atoms with Gasteiger partial charge in [-0.3, -0.25) is 15.4 Å². The molecule has 3 rings (SSSR count). The summed E-state index contributed by atoms with van der Waals surface area (Å²) in [6.07, 6.45) is 5.30. The van der Waals surface area contributed by atoms with Crippen molar-refractivity contribution in [2.24, 2.45) is 5.92 Å². The van der Waals surface area contributed by atoms with Crippen LogP contribution in [0.4, 0.5) is 10.6 Å². The zero-order valence-electron chi connectivity index (χ0n) is 13.9. The van der Waals surface area contributed by atoms with Gasteiger partial charge < -0.3 is 5.32 Å². The molecule has 0 aliphatic carbocycles. The molecule has 0 aromatic carbocycles. The quantitative estimate of drug-likeness (QED) is 0.687. The van der Waals surface area contributed by atoms with Gasteiger partial charge in [0.05, 0.1) is 17.2 Å². The lowest BCUT2D eigenvalue weighted by molar-refractivity contribution is 0.246. The molecule has 3 heterocycles. The van der Waals surface area contributed by atoms with Crippen LogP contribution in [0.3, 0.4) is 0 Å². The summed E-state index contributed by atoms with van der Waals surface area (Å²) in [5.74, 6) is 0.851. The van der Waals surface area contributed by atoms with Crippen LogP contribution < -0.4 is 10.6 Å². The Morgan fingerprint density at radius 3 is 2.67 bits per heavy atom. The van der Waals surface area contributed by atoms with Gasteiger partial charge in [0.2, 0.25) is 0 Å². The van der Waals surface area contributed by atoms with Gasteiger partial charge in [0.1, 0.15) is 5.82 Å². The van der Waals surface area contributed by atoms with E-state index in [1.807, 2.05) is 19.1 Å². The van der Waals surface area contributed by atoms with Crippen LogP contribution in [0.5, 0.6) is 0 Å². The molecule has 0 saturated carbocycles. The number of urea groups is 1. The number of carbonyl (C=O) groups is 1. The third-order valence-corrected chi connectivity index (χ3v) is 3.97.